The fraction of sp³-hybridized carbons (Fsp3) is 0.118. The normalized spacial score (nSPS) is 10.8. The summed E-state index contributed by atoms with van der Waals surface area (Å²) in [6.07, 6.45) is 2.07. The maximum absolute atomic E-state index is 6.29. The maximum Gasteiger partial charge on any atom is 0.134 e. The van der Waals surface area contributed by atoms with Crippen LogP contribution in [-0.4, -0.2) is 11.2 Å². The van der Waals surface area contributed by atoms with E-state index >= 15 is 0 Å². The molecule has 1 aromatic heterocycles. The van der Waals surface area contributed by atoms with E-state index in [-0.39, 0.29) is 0 Å². The van der Waals surface area contributed by atoms with Gasteiger partial charge in [-0.05, 0) is 30.5 Å². The van der Waals surface area contributed by atoms with Crippen LogP contribution >= 0.6 is 23.4 Å². The number of pyridine rings is 1. The van der Waals surface area contributed by atoms with E-state index in [1.807, 2.05) is 30.3 Å². The summed E-state index contributed by atoms with van der Waals surface area (Å²) >= 11 is 8.01. The second-order valence-corrected chi connectivity index (χ2v) is 5.89. The highest BCUT2D eigenvalue weighted by Gasteiger charge is 2.06. The van der Waals surface area contributed by atoms with Crippen molar-refractivity contribution in [3.05, 3.63) is 65.3 Å². The van der Waals surface area contributed by atoms with Crippen LogP contribution in [0.4, 0.5) is 5.69 Å². The quantitative estimate of drug-likeness (QED) is 0.528. The number of hydrogen-bond donors (Lipinski definition) is 1. The van der Waals surface area contributed by atoms with E-state index in [1.165, 1.54) is 4.90 Å². The highest BCUT2D eigenvalue weighted by atomic mass is 35.5. The topological polar surface area (TPSA) is 24.9 Å². The molecule has 0 bridgehead atoms. The number of fused-ring (bicyclic) bond motifs is 1. The number of nitrogens with one attached hydrogen (secondary N) is 1. The second-order valence-electron chi connectivity index (χ2n) is 4.68. The lowest BCUT2D eigenvalue weighted by atomic mass is 10.1. The number of thioether (sulfide) groups is 1. The number of nitrogens with zero attached hydrogens (tertiary/aromatic N) is 1. The molecular weight excluding hydrogens is 300 g/mol. The van der Waals surface area contributed by atoms with Crippen LogP contribution in [0.15, 0.2) is 59.5 Å². The summed E-state index contributed by atoms with van der Waals surface area (Å²) in [6, 6.07) is 18.4. The second kappa shape index (κ2) is 6.37. The van der Waals surface area contributed by atoms with Crippen LogP contribution in [0.2, 0.25) is 5.15 Å². The molecule has 21 heavy (non-hydrogen) atoms. The molecule has 0 unspecified atom stereocenters. The van der Waals surface area contributed by atoms with Gasteiger partial charge in [0.15, 0.2) is 0 Å². The molecule has 0 amide bonds. The zero-order valence-corrected chi connectivity index (χ0v) is 13.2. The molecule has 3 aromatic rings. The molecule has 4 heteroatoms. The van der Waals surface area contributed by atoms with Crippen LogP contribution in [0.25, 0.3) is 10.9 Å². The van der Waals surface area contributed by atoms with Gasteiger partial charge in [-0.25, -0.2) is 4.98 Å². The molecule has 0 aliphatic rings. The molecule has 0 saturated heterocycles. The molecule has 0 fully saturated rings. The van der Waals surface area contributed by atoms with Gasteiger partial charge in [0.25, 0.3) is 0 Å². The van der Waals surface area contributed by atoms with Gasteiger partial charge in [0, 0.05) is 28.1 Å². The van der Waals surface area contributed by atoms with E-state index in [0.717, 1.165) is 22.2 Å². The van der Waals surface area contributed by atoms with Gasteiger partial charge < -0.3 is 5.32 Å². The lowest BCUT2D eigenvalue weighted by Crippen LogP contribution is -2.02. The molecule has 2 nitrogen and oxygen atoms in total. The highest BCUT2D eigenvalue weighted by molar-refractivity contribution is 7.98. The Bertz CT molecular complexity index is 774. The summed E-state index contributed by atoms with van der Waals surface area (Å²) in [7, 11) is 0. The summed E-state index contributed by atoms with van der Waals surface area (Å²) < 4.78 is 0. The van der Waals surface area contributed by atoms with E-state index in [0.29, 0.717) is 11.7 Å². The zero-order valence-electron chi connectivity index (χ0n) is 11.6. The van der Waals surface area contributed by atoms with E-state index in [1.54, 1.807) is 11.8 Å². The van der Waals surface area contributed by atoms with E-state index < -0.39 is 0 Å². The molecule has 0 atom stereocenters. The van der Waals surface area contributed by atoms with Gasteiger partial charge in [0.05, 0.1) is 5.52 Å². The molecule has 1 heterocycles. The molecule has 3 rings (SSSR count). The third-order valence-electron chi connectivity index (χ3n) is 3.33. The lowest BCUT2D eigenvalue weighted by Gasteiger charge is -2.11. The lowest BCUT2D eigenvalue weighted by molar-refractivity contribution is 1.11. The summed E-state index contributed by atoms with van der Waals surface area (Å²) in [4.78, 5) is 5.68. The summed E-state index contributed by atoms with van der Waals surface area (Å²) in [6.45, 7) is 0.661. The van der Waals surface area contributed by atoms with E-state index in [2.05, 4.69) is 40.8 Å². The van der Waals surface area contributed by atoms with Crippen molar-refractivity contribution in [2.75, 3.05) is 11.6 Å². The Balaban J connectivity index is 1.86. The molecular formula is C17H15ClN2S. The van der Waals surface area contributed by atoms with Crippen LogP contribution in [-0.2, 0) is 6.54 Å². The van der Waals surface area contributed by atoms with Crippen molar-refractivity contribution in [2.45, 2.75) is 11.4 Å². The standard InChI is InChI=1S/C17H15ClN2S/c1-21-16-9-5-4-8-15(16)19-11-13-10-12-6-2-3-7-14(12)20-17(13)18/h2-10,19H,11H2,1H3. The smallest absolute Gasteiger partial charge is 0.134 e. The summed E-state index contributed by atoms with van der Waals surface area (Å²) in [5.41, 5.74) is 3.05. The van der Waals surface area contributed by atoms with E-state index in [4.69, 9.17) is 11.6 Å². The van der Waals surface area contributed by atoms with Crippen molar-refractivity contribution in [2.24, 2.45) is 0 Å². The highest BCUT2D eigenvalue weighted by Crippen LogP contribution is 2.26. The van der Waals surface area contributed by atoms with Gasteiger partial charge in [-0.1, -0.05) is 41.9 Å². The van der Waals surface area contributed by atoms with E-state index in [9.17, 15) is 0 Å². The Morgan fingerprint density at radius 3 is 2.71 bits per heavy atom. The van der Waals surface area contributed by atoms with Crippen LogP contribution in [0.5, 0.6) is 0 Å². The zero-order chi connectivity index (χ0) is 14.7. The van der Waals surface area contributed by atoms with Crippen molar-refractivity contribution in [3.63, 3.8) is 0 Å². The molecule has 0 saturated carbocycles. The molecule has 0 spiro atoms. The Morgan fingerprint density at radius 2 is 1.86 bits per heavy atom. The number of rotatable bonds is 4. The Hall–Kier alpha value is -1.71. The number of benzene rings is 2. The molecule has 0 aliphatic carbocycles. The largest absolute Gasteiger partial charge is 0.380 e. The predicted molar refractivity (Wildman–Crippen MR) is 92.3 cm³/mol. The van der Waals surface area contributed by atoms with Crippen molar-refractivity contribution in [3.8, 4) is 0 Å². The van der Waals surface area contributed by atoms with Gasteiger partial charge in [-0.3, -0.25) is 0 Å². The van der Waals surface area contributed by atoms with Gasteiger partial charge in [0.1, 0.15) is 5.15 Å². The van der Waals surface area contributed by atoms with Gasteiger partial charge in [-0.2, -0.15) is 0 Å². The SMILES string of the molecule is CSc1ccccc1NCc1cc2ccccc2nc1Cl. The minimum absolute atomic E-state index is 0.558. The fourth-order valence-electron chi connectivity index (χ4n) is 2.24. The summed E-state index contributed by atoms with van der Waals surface area (Å²) in [5, 5.41) is 5.11. The third-order valence-corrected chi connectivity index (χ3v) is 4.45. The Kier molecular flexibility index (Phi) is 4.32. The molecule has 0 radical (unpaired) electrons. The number of aromatic nitrogens is 1. The molecule has 2 aromatic carbocycles. The van der Waals surface area contributed by atoms with Crippen molar-refractivity contribution in [1.29, 1.82) is 0 Å². The number of para-hydroxylation sites is 2. The Labute approximate surface area is 133 Å². The first kappa shape index (κ1) is 14.2. The minimum atomic E-state index is 0.558. The van der Waals surface area contributed by atoms with Crippen molar-refractivity contribution >= 4 is 40.0 Å². The maximum atomic E-state index is 6.29. The van der Waals surface area contributed by atoms with Crippen LogP contribution in [0, 0.1) is 0 Å². The van der Waals surface area contributed by atoms with Crippen molar-refractivity contribution in [1.82, 2.24) is 4.98 Å². The first-order chi connectivity index (χ1) is 10.3. The van der Waals surface area contributed by atoms with Crippen LogP contribution in [0.3, 0.4) is 0 Å². The number of halogens is 1. The molecule has 0 aliphatic heterocycles. The first-order valence-corrected chi connectivity index (χ1v) is 8.29. The fourth-order valence-corrected chi connectivity index (χ4v) is 3.03. The van der Waals surface area contributed by atoms with Crippen molar-refractivity contribution < 1.29 is 0 Å². The predicted octanol–water partition coefficient (Wildman–Crippen LogP) is 5.22. The van der Waals surface area contributed by atoms with Gasteiger partial charge >= 0.3 is 0 Å². The summed E-state index contributed by atoms with van der Waals surface area (Å²) in [5.74, 6) is 0. The average Bonchev–Trinajstić information content (AvgIpc) is 2.53. The molecule has 106 valence electrons. The third kappa shape index (κ3) is 3.14. The Morgan fingerprint density at radius 1 is 1.10 bits per heavy atom. The average molecular weight is 315 g/mol. The van der Waals surface area contributed by atoms with Crippen LogP contribution in [0.1, 0.15) is 5.56 Å². The van der Waals surface area contributed by atoms with Crippen LogP contribution < -0.4 is 5.32 Å². The molecule has 1 N–H and O–H groups in total. The minimum Gasteiger partial charge on any atom is -0.380 e. The van der Waals surface area contributed by atoms with Gasteiger partial charge in [-0.15, -0.1) is 11.8 Å². The number of anilines is 1. The first-order valence-electron chi connectivity index (χ1n) is 6.69. The van der Waals surface area contributed by atoms with Gasteiger partial charge in [0.2, 0.25) is 0 Å². The monoisotopic (exact) mass is 314 g/mol. The number of hydrogen-bond acceptors (Lipinski definition) is 3.